The fourth-order valence-corrected chi connectivity index (χ4v) is 1.57. The van der Waals surface area contributed by atoms with Crippen molar-refractivity contribution in [2.75, 3.05) is 13.1 Å². The van der Waals surface area contributed by atoms with Gasteiger partial charge in [-0.3, -0.25) is 0 Å². The number of hydrogen-bond donors (Lipinski definition) is 2. The maximum atomic E-state index is 13.3. The van der Waals surface area contributed by atoms with Crippen LogP contribution < -0.4 is 5.32 Å². The molecule has 0 saturated heterocycles. The zero-order valence-corrected chi connectivity index (χ0v) is 10.2. The second-order valence-corrected chi connectivity index (χ2v) is 4.62. The largest absolute Gasteiger partial charge is 0.391 e. The Hall–Kier alpha value is -1.00. The molecule has 4 heteroatoms. The van der Waals surface area contributed by atoms with Crippen molar-refractivity contribution in [3.8, 4) is 0 Å². The molecule has 2 N–H and O–H groups in total. The van der Waals surface area contributed by atoms with E-state index in [2.05, 4.69) is 19.2 Å². The number of aliphatic hydroxyl groups excluding tert-OH is 1. The van der Waals surface area contributed by atoms with Crippen molar-refractivity contribution in [1.29, 1.82) is 0 Å². The highest BCUT2D eigenvalue weighted by Crippen LogP contribution is 2.13. The van der Waals surface area contributed by atoms with Gasteiger partial charge in [-0.25, -0.2) is 8.78 Å². The zero-order chi connectivity index (χ0) is 12.8. The van der Waals surface area contributed by atoms with Gasteiger partial charge < -0.3 is 10.4 Å². The van der Waals surface area contributed by atoms with Gasteiger partial charge in [0.2, 0.25) is 0 Å². The topological polar surface area (TPSA) is 32.3 Å². The Balaban J connectivity index is 2.45. The summed E-state index contributed by atoms with van der Waals surface area (Å²) in [6.45, 7) is 5.30. The lowest BCUT2D eigenvalue weighted by molar-refractivity contribution is 0.169. The Bertz CT molecular complexity index is 355. The molecule has 17 heavy (non-hydrogen) atoms. The maximum absolute atomic E-state index is 13.3. The summed E-state index contributed by atoms with van der Waals surface area (Å²) in [5.74, 6) is -1.24. The molecular formula is C13H19F2NO. The molecule has 0 aliphatic heterocycles. The van der Waals surface area contributed by atoms with Gasteiger partial charge in [0.15, 0.2) is 11.6 Å². The fraction of sp³-hybridized carbons (Fsp3) is 0.538. The van der Waals surface area contributed by atoms with Crippen molar-refractivity contribution in [2.45, 2.75) is 26.4 Å². The number of benzene rings is 1. The van der Waals surface area contributed by atoms with Gasteiger partial charge in [-0.15, -0.1) is 0 Å². The molecule has 0 spiro atoms. The average molecular weight is 243 g/mol. The highest BCUT2D eigenvalue weighted by Gasteiger charge is 2.12. The predicted octanol–water partition coefficient (Wildman–Crippen LogP) is 2.11. The minimum absolute atomic E-state index is 0.120. The summed E-state index contributed by atoms with van der Waals surface area (Å²) in [5, 5.41) is 12.8. The van der Waals surface area contributed by atoms with Crippen LogP contribution in [0.3, 0.4) is 0 Å². The van der Waals surface area contributed by atoms with Crippen molar-refractivity contribution in [2.24, 2.45) is 5.92 Å². The van der Waals surface area contributed by atoms with E-state index in [4.69, 9.17) is 0 Å². The first-order valence-electron chi connectivity index (χ1n) is 5.82. The van der Waals surface area contributed by atoms with E-state index < -0.39 is 17.7 Å². The van der Waals surface area contributed by atoms with Gasteiger partial charge >= 0.3 is 0 Å². The van der Waals surface area contributed by atoms with E-state index >= 15 is 0 Å². The Labute approximate surface area is 101 Å². The molecule has 1 unspecified atom stereocenters. The molecule has 0 aromatic heterocycles. The Morgan fingerprint density at radius 1 is 1.24 bits per heavy atom. The fourth-order valence-electron chi connectivity index (χ4n) is 1.57. The lowest BCUT2D eigenvalue weighted by Crippen LogP contribution is -2.31. The van der Waals surface area contributed by atoms with Gasteiger partial charge in [-0.05, 0) is 24.1 Å². The van der Waals surface area contributed by atoms with Crippen molar-refractivity contribution in [1.82, 2.24) is 5.32 Å². The van der Waals surface area contributed by atoms with Crippen molar-refractivity contribution < 1.29 is 13.9 Å². The second kappa shape index (κ2) is 6.67. The van der Waals surface area contributed by atoms with Crippen molar-refractivity contribution >= 4 is 0 Å². The third-order valence-electron chi connectivity index (χ3n) is 2.42. The Morgan fingerprint density at radius 2 is 1.94 bits per heavy atom. The number of aliphatic hydroxyl groups is 1. The van der Waals surface area contributed by atoms with Crippen LogP contribution in [0.1, 0.15) is 19.4 Å². The molecular weight excluding hydrogens is 224 g/mol. The first-order valence-corrected chi connectivity index (χ1v) is 5.82. The van der Waals surface area contributed by atoms with Crippen LogP contribution in [0.5, 0.6) is 0 Å². The molecule has 0 aliphatic rings. The maximum Gasteiger partial charge on any atom is 0.162 e. The van der Waals surface area contributed by atoms with Crippen LogP contribution in [0.4, 0.5) is 8.78 Å². The van der Waals surface area contributed by atoms with E-state index in [0.717, 1.165) is 12.6 Å². The highest BCUT2D eigenvalue weighted by atomic mass is 19.2. The zero-order valence-electron chi connectivity index (χ0n) is 10.2. The number of hydrogen-bond acceptors (Lipinski definition) is 2. The lowest BCUT2D eigenvalue weighted by atomic mass is 10.1. The van der Waals surface area contributed by atoms with Gasteiger partial charge in [0.05, 0.1) is 6.10 Å². The summed E-state index contributed by atoms with van der Waals surface area (Å²) in [6.07, 6.45) is -0.584. The molecule has 0 amide bonds. The Kier molecular flexibility index (Phi) is 5.51. The normalized spacial score (nSPS) is 13.1. The minimum Gasteiger partial charge on any atom is -0.391 e. The van der Waals surface area contributed by atoms with Gasteiger partial charge in [0, 0.05) is 13.0 Å². The van der Waals surface area contributed by atoms with E-state index in [0.29, 0.717) is 12.5 Å². The number of halogens is 2. The van der Waals surface area contributed by atoms with E-state index in [-0.39, 0.29) is 12.0 Å². The molecule has 2 nitrogen and oxygen atoms in total. The summed E-state index contributed by atoms with van der Waals surface area (Å²) in [5.41, 5.74) is 0.212. The summed E-state index contributed by atoms with van der Waals surface area (Å²) in [7, 11) is 0. The van der Waals surface area contributed by atoms with E-state index in [1.807, 2.05) is 0 Å². The summed E-state index contributed by atoms with van der Waals surface area (Å²) < 4.78 is 26.2. The van der Waals surface area contributed by atoms with E-state index in [1.165, 1.54) is 12.1 Å². The molecule has 1 rings (SSSR count). The standard InChI is InChI=1S/C13H19F2NO/c1-9(2)7-16-8-11(17)6-10-4-3-5-12(14)13(10)15/h3-5,9,11,16-17H,6-8H2,1-2H3. The van der Waals surface area contributed by atoms with Crippen LogP contribution in [0, 0.1) is 17.6 Å². The average Bonchev–Trinajstić information content (AvgIpc) is 2.24. The minimum atomic E-state index is -0.871. The van der Waals surface area contributed by atoms with Gasteiger partial charge in [0.1, 0.15) is 0 Å². The summed E-state index contributed by atoms with van der Waals surface area (Å²) >= 11 is 0. The predicted molar refractivity (Wildman–Crippen MR) is 63.8 cm³/mol. The molecule has 0 aliphatic carbocycles. The van der Waals surface area contributed by atoms with E-state index in [1.54, 1.807) is 0 Å². The molecule has 0 radical (unpaired) electrons. The van der Waals surface area contributed by atoms with Crippen LogP contribution in [0.25, 0.3) is 0 Å². The second-order valence-electron chi connectivity index (χ2n) is 4.62. The summed E-state index contributed by atoms with van der Waals surface area (Å²) in [4.78, 5) is 0. The van der Waals surface area contributed by atoms with Crippen LogP contribution >= 0.6 is 0 Å². The van der Waals surface area contributed by atoms with Crippen LogP contribution in [-0.4, -0.2) is 24.3 Å². The van der Waals surface area contributed by atoms with Crippen molar-refractivity contribution in [3.05, 3.63) is 35.4 Å². The lowest BCUT2D eigenvalue weighted by Gasteiger charge is -2.13. The molecule has 1 aromatic rings. The third-order valence-corrected chi connectivity index (χ3v) is 2.42. The molecule has 0 heterocycles. The monoisotopic (exact) mass is 243 g/mol. The molecule has 1 atom stereocenters. The first kappa shape index (κ1) is 14.1. The first-order chi connectivity index (χ1) is 8.00. The number of nitrogens with one attached hydrogen (secondary N) is 1. The van der Waals surface area contributed by atoms with Crippen molar-refractivity contribution in [3.63, 3.8) is 0 Å². The quantitative estimate of drug-likeness (QED) is 0.802. The summed E-state index contributed by atoms with van der Waals surface area (Å²) in [6, 6.07) is 4.01. The molecule has 96 valence electrons. The van der Waals surface area contributed by atoms with Gasteiger partial charge in [-0.1, -0.05) is 26.0 Å². The van der Waals surface area contributed by atoms with E-state index in [9.17, 15) is 13.9 Å². The Morgan fingerprint density at radius 3 is 2.59 bits per heavy atom. The number of rotatable bonds is 6. The van der Waals surface area contributed by atoms with Gasteiger partial charge in [0.25, 0.3) is 0 Å². The molecule has 0 fully saturated rings. The third kappa shape index (κ3) is 4.79. The highest BCUT2D eigenvalue weighted by molar-refractivity contribution is 5.19. The van der Waals surface area contributed by atoms with Crippen LogP contribution in [0.15, 0.2) is 18.2 Å². The molecule has 1 aromatic carbocycles. The molecule has 0 saturated carbocycles. The van der Waals surface area contributed by atoms with Crippen LogP contribution in [0.2, 0.25) is 0 Å². The SMILES string of the molecule is CC(C)CNCC(O)Cc1cccc(F)c1F. The van der Waals surface area contributed by atoms with Gasteiger partial charge in [-0.2, -0.15) is 0 Å². The smallest absolute Gasteiger partial charge is 0.162 e. The van der Waals surface area contributed by atoms with Crippen LogP contribution in [-0.2, 0) is 6.42 Å². The molecule has 0 bridgehead atoms.